The van der Waals surface area contributed by atoms with Crippen molar-refractivity contribution in [2.75, 3.05) is 26.2 Å². The summed E-state index contributed by atoms with van der Waals surface area (Å²) in [4.78, 5) is 48.7. The summed E-state index contributed by atoms with van der Waals surface area (Å²) in [5.41, 5.74) is 1.05. The highest BCUT2D eigenvalue weighted by atomic mass is 32.2. The van der Waals surface area contributed by atoms with Crippen LogP contribution in [0.25, 0.3) is 0 Å². The lowest BCUT2D eigenvalue weighted by molar-refractivity contribution is -0.148. The zero-order valence-electron chi connectivity index (χ0n) is 23.9. The van der Waals surface area contributed by atoms with Gasteiger partial charge in [0.1, 0.15) is 6.04 Å². The maximum absolute atomic E-state index is 14.6. The number of thioether (sulfide) groups is 1. The van der Waals surface area contributed by atoms with Gasteiger partial charge < -0.3 is 19.8 Å². The molecule has 0 saturated carbocycles. The molecule has 5 rings (SSSR count). The predicted molar refractivity (Wildman–Crippen MR) is 158 cm³/mol. The fourth-order valence-corrected chi connectivity index (χ4v) is 9.04. The van der Waals surface area contributed by atoms with Crippen molar-refractivity contribution in [2.24, 2.45) is 17.8 Å². The smallest absolute Gasteiger partial charge is 0.247 e. The number of fused-ring (bicyclic) bond motifs is 2. The highest BCUT2D eigenvalue weighted by molar-refractivity contribution is 8.02. The standard InChI is InChI=1S/C32H43N3O4S/c1-4-6-10-17-33-19-12-16-32-27(30(38)35(28(32)31(33)39)24(21-36)22(3)5-2)26-25(40-32)15-11-18-34(29(26)37)20-23-13-8-7-9-14-23/h7-9,11-16,22,24-28,36H,4-6,10,17-21H2,1-3H3/t22-,24-,25+,26-,27-,28?,32-/m0/s1. The summed E-state index contributed by atoms with van der Waals surface area (Å²) < 4.78 is -0.848. The molecule has 1 aromatic rings. The van der Waals surface area contributed by atoms with Gasteiger partial charge in [0.15, 0.2) is 0 Å². The molecule has 4 aliphatic heterocycles. The van der Waals surface area contributed by atoms with Crippen molar-refractivity contribution < 1.29 is 19.5 Å². The van der Waals surface area contributed by atoms with Crippen LogP contribution in [0.4, 0.5) is 0 Å². The zero-order valence-corrected chi connectivity index (χ0v) is 24.8. The van der Waals surface area contributed by atoms with Gasteiger partial charge >= 0.3 is 0 Å². The third-order valence-corrected chi connectivity index (χ3v) is 11.1. The van der Waals surface area contributed by atoms with Gasteiger partial charge in [-0.3, -0.25) is 14.4 Å². The molecule has 7 atom stereocenters. The van der Waals surface area contributed by atoms with Crippen LogP contribution < -0.4 is 0 Å². The zero-order chi connectivity index (χ0) is 28.4. The van der Waals surface area contributed by atoms with Crippen LogP contribution in [0.5, 0.6) is 0 Å². The monoisotopic (exact) mass is 565 g/mol. The quantitative estimate of drug-likeness (QED) is 0.344. The van der Waals surface area contributed by atoms with Gasteiger partial charge in [-0.2, -0.15) is 0 Å². The molecule has 7 nitrogen and oxygen atoms in total. The van der Waals surface area contributed by atoms with Crippen molar-refractivity contribution in [3.63, 3.8) is 0 Å². The van der Waals surface area contributed by atoms with Crippen LogP contribution in [-0.2, 0) is 20.9 Å². The summed E-state index contributed by atoms with van der Waals surface area (Å²) in [5, 5.41) is 10.4. The molecule has 2 saturated heterocycles. The topological polar surface area (TPSA) is 81.2 Å². The summed E-state index contributed by atoms with van der Waals surface area (Å²) in [5.74, 6) is -1.46. The van der Waals surface area contributed by atoms with Crippen LogP contribution >= 0.6 is 11.8 Å². The lowest BCUT2D eigenvalue weighted by Crippen LogP contribution is -2.57. The molecule has 0 aliphatic carbocycles. The van der Waals surface area contributed by atoms with Crippen molar-refractivity contribution in [3.05, 3.63) is 60.2 Å². The number of hydrogen-bond donors (Lipinski definition) is 1. The molecule has 216 valence electrons. The van der Waals surface area contributed by atoms with Crippen molar-refractivity contribution >= 4 is 29.5 Å². The van der Waals surface area contributed by atoms with Crippen molar-refractivity contribution in [1.82, 2.24) is 14.7 Å². The first-order valence-electron chi connectivity index (χ1n) is 14.9. The second-order valence-corrected chi connectivity index (χ2v) is 13.2. The average molecular weight is 566 g/mol. The second kappa shape index (κ2) is 12.1. The van der Waals surface area contributed by atoms with E-state index in [1.165, 1.54) is 0 Å². The van der Waals surface area contributed by atoms with Crippen molar-refractivity contribution in [1.29, 1.82) is 0 Å². The summed E-state index contributed by atoms with van der Waals surface area (Å²) in [6.07, 6.45) is 12.0. The van der Waals surface area contributed by atoms with E-state index in [2.05, 4.69) is 19.1 Å². The first-order chi connectivity index (χ1) is 19.4. The van der Waals surface area contributed by atoms with Crippen LogP contribution in [0.2, 0.25) is 0 Å². The Hall–Kier alpha value is -2.58. The molecule has 0 radical (unpaired) electrons. The number of carbonyl (C=O) groups excluding carboxylic acids is 3. The van der Waals surface area contributed by atoms with E-state index < -0.39 is 28.7 Å². The predicted octanol–water partition coefficient (Wildman–Crippen LogP) is 3.88. The minimum Gasteiger partial charge on any atom is -0.394 e. The first kappa shape index (κ1) is 28.9. The second-order valence-electron chi connectivity index (χ2n) is 11.7. The molecule has 40 heavy (non-hydrogen) atoms. The third-order valence-electron chi connectivity index (χ3n) is 9.36. The molecular formula is C32H43N3O4S. The Kier molecular flexibility index (Phi) is 8.76. The van der Waals surface area contributed by atoms with Gasteiger partial charge in [-0.15, -0.1) is 11.8 Å². The maximum atomic E-state index is 14.6. The largest absolute Gasteiger partial charge is 0.394 e. The molecule has 0 aromatic heterocycles. The van der Waals surface area contributed by atoms with Gasteiger partial charge in [0.05, 0.1) is 29.2 Å². The molecule has 3 amide bonds. The Morgan fingerprint density at radius 3 is 2.45 bits per heavy atom. The number of aliphatic hydroxyl groups is 1. The first-order valence-corrected chi connectivity index (χ1v) is 15.8. The SMILES string of the molecule is CCCCCN1CC=C[C@]23S[C@@H]4C=CCN(Cc5ccccc5)C(=O)[C@@H]4[C@H]2C(=O)N([C@@H](CO)[C@@H](C)CC)C3C1=O. The number of amides is 3. The van der Waals surface area contributed by atoms with Gasteiger partial charge in [0, 0.05) is 31.4 Å². The molecule has 0 bridgehead atoms. The normalized spacial score (nSPS) is 31.1. The van der Waals surface area contributed by atoms with Gasteiger partial charge in [0.25, 0.3) is 0 Å². The number of unbranched alkanes of at least 4 members (excludes halogenated alkanes) is 2. The lowest BCUT2D eigenvalue weighted by atomic mass is 9.78. The minimum atomic E-state index is -0.848. The molecule has 8 heteroatoms. The highest BCUT2D eigenvalue weighted by Crippen LogP contribution is 2.61. The summed E-state index contributed by atoms with van der Waals surface area (Å²) >= 11 is 1.61. The molecule has 4 heterocycles. The van der Waals surface area contributed by atoms with Crippen LogP contribution in [0.3, 0.4) is 0 Å². The van der Waals surface area contributed by atoms with E-state index in [0.29, 0.717) is 26.2 Å². The lowest BCUT2D eigenvalue weighted by Gasteiger charge is -2.40. The van der Waals surface area contributed by atoms with Crippen molar-refractivity contribution in [2.45, 2.75) is 75.1 Å². The number of rotatable bonds is 10. The van der Waals surface area contributed by atoms with Crippen LogP contribution in [0, 0.1) is 17.8 Å². The van der Waals surface area contributed by atoms with Crippen LogP contribution in [-0.4, -0.2) is 85.8 Å². The molecule has 2 fully saturated rings. The van der Waals surface area contributed by atoms with Gasteiger partial charge in [-0.05, 0) is 17.9 Å². The Balaban J connectivity index is 1.55. The summed E-state index contributed by atoms with van der Waals surface area (Å²) in [6.45, 7) is 8.13. The Morgan fingerprint density at radius 2 is 1.75 bits per heavy atom. The molecular weight excluding hydrogens is 522 g/mol. The highest BCUT2D eigenvalue weighted by Gasteiger charge is 2.71. The Bertz CT molecular complexity index is 1160. The number of hydrogen-bond acceptors (Lipinski definition) is 5. The summed E-state index contributed by atoms with van der Waals surface area (Å²) in [6, 6.07) is 8.71. The number of carbonyl (C=O) groups is 3. The number of aliphatic hydroxyl groups excluding tert-OH is 1. The fraction of sp³-hybridized carbons (Fsp3) is 0.594. The van der Waals surface area contributed by atoms with E-state index >= 15 is 0 Å². The number of likely N-dealkylation sites (tertiary alicyclic amines) is 1. The molecule has 4 aliphatic rings. The van der Waals surface area contributed by atoms with E-state index in [1.807, 2.05) is 66.1 Å². The van der Waals surface area contributed by atoms with Crippen molar-refractivity contribution in [3.8, 4) is 0 Å². The fourth-order valence-electron chi connectivity index (χ4n) is 7.05. The van der Waals surface area contributed by atoms with Crippen LogP contribution in [0.15, 0.2) is 54.6 Å². The number of benzene rings is 1. The van der Waals surface area contributed by atoms with E-state index in [-0.39, 0.29) is 35.5 Å². The molecule has 1 spiro atoms. The maximum Gasteiger partial charge on any atom is 0.247 e. The van der Waals surface area contributed by atoms with Gasteiger partial charge in [-0.25, -0.2) is 0 Å². The molecule has 1 N–H and O–H groups in total. The molecule has 1 unspecified atom stereocenters. The Morgan fingerprint density at radius 1 is 1.00 bits per heavy atom. The average Bonchev–Trinajstić information content (AvgIpc) is 3.29. The summed E-state index contributed by atoms with van der Waals surface area (Å²) in [7, 11) is 0. The Labute approximate surface area is 242 Å². The van der Waals surface area contributed by atoms with Crippen LogP contribution in [0.1, 0.15) is 52.0 Å². The van der Waals surface area contributed by atoms with Gasteiger partial charge in [0.2, 0.25) is 17.7 Å². The van der Waals surface area contributed by atoms with E-state index in [4.69, 9.17) is 0 Å². The van der Waals surface area contributed by atoms with E-state index in [1.54, 1.807) is 16.7 Å². The van der Waals surface area contributed by atoms with E-state index in [0.717, 1.165) is 31.2 Å². The number of nitrogens with zero attached hydrogens (tertiary/aromatic N) is 3. The van der Waals surface area contributed by atoms with E-state index in [9.17, 15) is 19.5 Å². The van der Waals surface area contributed by atoms with Gasteiger partial charge in [-0.1, -0.05) is 94.7 Å². The minimum absolute atomic E-state index is 0.0125. The molecule has 1 aromatic carbocycles. The third kappa shape index (κ3) is 4.91.